The Morgan fingerprint density at radius 1 is 1.00 bits per heavy atom. The zero-order valence-corrected chi connectivity index (χ0v) is 12.4. The molecule has 0 aliphatic rings. The number of anilines is 1. The molecule has 3 rings (SSSR count). The molecule has 0 saturated carbocycles. The molecule has 3 aromatic rings. The highest BCUT2D eigenvalue weighted by Gasteiger charge is 2.30. The second-order valence-corrected chi connectivity index (χ2v) is 5.16. The van der Waals surface area contributed by atoms with Gasteiger partial charge in [-0.15, -0.1) is 0 Å². The molecule has 8 heteroatoms. The average molecular weight is 351 g/mol. The van der Waals surface area contributed by atoms with E-state index in [0.29, 0.717) is 0 Å². The number of halogens is 4. The predicted octanol–water partition coefficient (Wildman–Crippen LogP) is 4.20. The Bertz CT molecular complexity index is 1010. The lowest BCUT2D eigenvalue weighted by Gasteiger charge is -2.08. The summed E-state index contributed by atoms with van der Waals surface area (Å²) in [6.45, 7) is 0. The molecule has 0 fully saturated rings. The molecular weight excluding hydrogens is 342 g/mol. The van der Waals surface area contributed by atoms with E-state index in [4.69, 9.17) is 4.42 Å². The van der Waals surface area contributed by atoms with Crippen LogP contribution in [0, 0.1) is 5.82 Å². The third-order valence-electron chi connectivity index (χ3n) is 3.42. The lowest BCUT2D eigenvalue weighted by Crippen LogP contribution is -2.15. The quantitative estimate of drug-likeness (QED) is 0.704. The maximum absolute atomic E-state index is 13.3. The zero-order valence-electron chi connectivity index (χ0n) is 12.4. The number of alkyl halides is 3. The van der Waals surface area contributed by atoms with Crippen molar-refractivity contribution in [2.75, 3.05) is 5.32 Å². The van der Waals surface area contributed by atoms with Crippen molar-refractivity contribution in [3.05, 3.63) is 76.1 Å². The number of benzene rings is 2. The van der Waals surface area contributed by atoms with E-state index in [1.54, 1.807) is 0 Å². The summed E-state index contributed by atoms with van der Waals surface area (Å²) in [6, 6.07) is 8.32. The van der Waals surface area contributed by atoms with Crippen LogP contribution >= 0.6 is 0 Å². The van der Waals surface area contributed by atoms with E-state index in [2.05, 4.69) is 5.32 Å². The molecule has 1 amide bonds. The highest BCUT2D eigenvalue weighted by Crippen LogP contribution is 2.29. The van der Waals surface area contributed by atoms with Gasteiger partial charge in [0.1, 0.15) is 5.82 Å². The number of amides is 1. The molecule has 4 nitrogen and oxygen atoms in total. The molecule has 0 aliphatic carbocycles. The van der Waals surface area contributed by atoms with Crippen LogP contribution < -0.4 is 10.9 Å². The van der Waals surface area contributed by atoms with Gasteiger partial charge in [0, 0.05) is 5.69 Å². The summed E-state index contributed by atoms with van der Waals surface area (Å²) in [4.78, 5) is 23.9. The minimum Gasteiger partial charge on any atom is -0.417 e. The Balaban J connectivity index is 1.88. The lowest BCUT2D eigenvalue weighted by atomic mass is 10.1. The number of rotatable bonds is 2. The summed E-state index contributed by atoms with van der Waals surface area (Å²) in [5.74, 6) is -1.82. The monoisotopic (exact) mass is 351 g/mol. The van der Waals surface area contributed by atoms with E-state index in [1.165, 1.54) is 12.1 Å². The van der Waals surface area contributed by atoms with Crippen LogP contribution in [0.15, 0.2) is 57.7 Å². The van der Waals surface area contributed by atoms with E-state index in [0.717, 1.165) is 36.4 Å². The molecule has 2 aromatic carbocycles. The molecule has 25 heavy (non-hydrogen) atoms. The topological polar surface area (TPSA) is 59.3 Å². The summed E-state index contributed by atoms with van der Waals surface area (Å²) >= 11 is 0. The first-order chi connectivity index (χ1) is 11.7. The normalized spacial score (nSPS) is 11.5. The van der Waals surface area contributed by atoms with Crippen molar-refractivity contribution in [2.45, 2.75) is 6.18 Å². The van der Waals surface area contributed by atoms with Crippen molar-refractivity contribution in [1.29, 1.82) is 0 Å². The van der Waals surface area contributed by atoms with E-state index < -0.39 is 29.1 Å². The first kappa shape index (κ1) is 16.7. The largest absolute Gasteiger partial charge is 0.417 e. The third-order valence-corrected chi connectivity index (χ3v) is 3.42. The van der Waals surface area contributed by atoms with Crippen LogP contribution in [0.3, 0.4) is 0 Å². The maximum Gasteiger partial charge on any atom is 0.416 e. The standard InChI is InChI=1S/C17H9F4NO3/c18-11-3-6-13-9(7-11)8-14(25-16(13)24)15(23)22-12-4-1-10(2-5-12)17(19,20)21/h1-8H,(H,22,23). The minimum absolute atomic E-state index is 0.0833. The van der Waals surface area contributed by atoms with Crippen LogP contribution in [0.2, 0.25) is 0 Å². The Morgan fingerprint density at radius 2 is 1.68 bits per heavy atom. The second kappa shape index (κ2) is 6.04. The smallest absolute Gasteiger partial charge is 0.416 e. The summed E-state index contributed by atoms with van der Waals surface area (Å²) in [6.07, 6.45) is -4.49. The SMILES string of the molecule is O=C(Nc1ccc(C(F)(F)F)cc1)c1cc2cc(F)ccc2c(=O)o1. The average Bonchev–Trinajstić information content (AvgIpc) is 2.54. The van der Waals surface area contributed by atoms with Crippen LogP contribution in [-0.2, 0) is 6.18 Å². The van der Waals surface area contributed by atoms with E-state index in [1.807, 2.05) is 0 Å². The van der Waals surface area contributed by atoms with Crippen molar-refractivity contribution < 1.29 is 26.8 Å². The number of carbonyl (C=O) groups is 1. The molecule has 0 atom stereocenters. The molecular formula is C17H9F4NO3. The van der Waals surface area contributed by atoms with Gasteiger partial charge >= 0.3 is 11.8 Å². The number of hydrogen-bond donors (Lipinski definition) is 1. The van der Waals surface area contributed by atoms with Gasteiger partial charge in [-0.05, 0) is 53.9 Å². The highest BCUT2D eigenvalue weighted by atomic mass is 19.4. The van der Waals surface area contributed by atoms with Crippen LogP contribution in [0.1, 0.15) is 16.1 Å². The van der Waals surface area contributed by atoms with Gasteiger partial charge in [-0.3, -0.25) is 4.79 Å². The van der Waals surface area contributed by atoms with Crippen LogP contribution in [-0.4, -0.2) is 5.91 Å². The van der Waals surface area contributed by atoms with Gasteiger partial charge in [-0.25, -0.2) is 9.18 Å². The maximum atomic E-state index is 13.3. The zero-order chi connectivity index (χ0) is 18.2. The van der Waals surface area contributed by atoms with Gasteiger partial charge in [0.05, 0.1) is 10.9 Å². The Labute approximate surface area is 137 Å². The Kier molecular flexibility index (Phi) is 4.03. The fourth-order valence-corrected chi connectivity index (χ4v) is 2.21. The van der Waals surface area contributed by atoms with Gasteiger partial charge in [-0.2, -0.15) is 13.2 Å². The van der Waals surface area contributed by atoms with Crippen LogP contribution in [0.25, 0.3) is 10.8 Å². The Hall–Kier alpha value is -3.16. The Morgan fingerprint density at radius 3 is 2.32 bits per heavy atom. The number of fused-ring (bicyclic) bond motifs is 1. The molecule has 0 saturated heterocycles. The molecule has 1 aromatic heterocycles. The van der Waals surface area contributed by atoms with E-state index in [-0.39, 0.29) is 22.2 Å². The summed E-state index contributed by atoms with van der Waals surface area (Å²) in [5, 5.41) is 2.59. The molecule has 0 unspecified atom stereocenters. The van der Waals surface area contributed by atoms with E-state index >= 15 is 0 Å². The number of nitrogens with one attached hydrogen (secondary N) is 1. The second-order valence-electron chi connectivity index (χ2n) is 5.16. The van der Waals surface area contributed by atoms with Crippen LogP contribution in [0.5, 0.6) is 0 Å². The number of carbonyl (C=O) groups excluding carboxylic acids is 1. The van der Waals surface area contributed by atoms with Gasteiger partial charge in [-0.1, -0.05) is 0 Å². The molecule has 0 bridgehead atoms. The van der Waals surface area contributed by atoms with Crippen molar-refractivity contribution in [3.8, 4) is 0 Å². The van der Waals surface area contributed by atoms with Gasteiger partial charge in [0.25, 0.3) is 5.91 Å². The van der Waals surface area contributed by atoms with Crippen molar-refractivity contribution >= 4 is 22.4 Å². The lowest BCUT2D eigenvalue weighted by molar-refractivity contribution is -0.137. The third kappa shape index (κ3) is 3.52. The first-order valence-corrected chi connectivity index (χ1v) is 6.96. The summed E-state index contributed by atoms with van der Waals surface area (Å²) < 4.78 is 55.6. The number of hydrogen-bond acceptors (Lipinski definition) is 3. The van der Waals surface area contributed by atoms with Gasteiger partial charge < -0.3 is 9.73 Å². The molecule has 0 spiro atoms. The van der Waals surface area contributed by atoms with Crippen molar-refractivity contribution in [2.24, 2.45) is 0 Å². The van der Waals surface area contributed by atoms with Crippen molar-refractivity contribution in [1.82, 2.24) is 0 Å². The molecule has 0 aliphatic heterocycles. The fourth-order valence-electron chi connectivity index (χ4n) is 2.21. The van der Waals surface area contributed by atoms with Gasteiger partial charge in [0.15, 0.2) is 5.76 Å². The predicted molar refractivity (Wildman–Crippen MR) is 81.8 cm³/mol. The summed E-state index contributed by atoms with van der Waals surface area (Å²) in [7, 11) is 0. The summed E-state index contributed by atoms with van der Waals surface area (Å²) in [5.41, 5.74) is -1.60. The fraction of sp³-hybridized carbons (Fsp3) is 0.0588. The molecule has 1 heterocycles. The van der Waals surface area contributed by atoms with E-state index in [9.17, 15) is 27.2 Å². The van der Waals surface area contributed by atoms with Gasteiger partial charge in [0.2, 0.25) is 0 Å². The first-order valence-electron chi connectivity index (χ1n) is 6.96. The molecule has 1 N–H and O–H groups in total. The molecule has 128 valence electrons. The minimum atomic E-state index is -4.49. The van der Waals surface area contributed by atoms with Crippen LogP contribution in [0.4, 0.5) is 23.2 Å². The van der Waals surface area contributed by atoms with Crippen molar-refractivity contribution in [3.63, 3.8) is 0 Å². The molecule has 0 radical (unpaired) electrons. The highest BCUT2D eigenvalue weighted by molar-refractivity contribution is 6.03.